The van der Waals surface area contributed by atoms with Gasteiger partial charge in [-0.2, -0.15) is 0 Å². The molecule has 0 saturated heterocycles. The van der Waals surface area contributed by atoms with Crippen LogP contribution >= 0.6 is 0 Å². The molecule has 2 atom stereocenters. The Morgan fingerprint density at radius 2 is 1.89 bits per heavy atom. The van der Waals surface area contributed by atoms with E-state index in [2.05, 4.69) is 10.6 Å². The zero-order chi connectivity index (χ0) is 19.4. The molecule has 0 aliphatic heterocycles. The van der Waals surface area contributed by atoms with E-state index in [9.17, 15) is 13.6 Å². The zero-order valence-corrected chi connectivity index (χ0v) is 15.5. The number of benzene rings is 2. The Kier molecular flexibility index (Phi) is 5.63. The molecule has 1 saturated carbocycles. The zero-order valence-electron chi connectivity index (χ0n) is 15.5. The average molecular weight is 374 g/mol. The molecule has 1 aliphatic rings. The average Bonchev–Trinajstić information content (AvgIpc) is 3.31. The Hall–Kier alpha value is -2.63. The lowest BCUT2D eigenvalue weighted by molar-refractivity contribution is 0.239. The van der Waals surface area contributed by atoms with Crippen LogP contribution in [0.4, 0.5) is 13.6 Å². The van der Waals surface area contributed by atoms with E-state index in [1.165, 1.54) is 12.1 Å². The van der Waals surface area contributed by atoms with Gasteiger partial charge in [-0.05, 0) is 48.1 Å². The highest BCUT2D eigenvalue weighted by Gasteiger charge is 2.53. The molecule has 144 valence electrons. The third-order valence-electron chi connectivity index (χ3n) is 5.34. The van der Waals surface area contributed by atoms with Crippen molar-refractivity contribution >= 4 is 6.03 Å². The molecule has 0 aromatic heterocycles. The fourth-order valence-electron chi connectivity index (χ4n) is 3.51. The SMILES string of the molecule is COc1ccc(CCNC(=O)NCC2(c3ccc(F)cc3F)CC2C)cc1. The number of nitrogens with one attached hydrogen (secondary N) is 2. The maximum absolute atomic E-state index is 14.2. The minimum atomic E-state index is -0.594. The Bertz CT molecular complexity index is 810. The molecule has 2 N–H and O–H groups in total. The highest BCUT2D eigenvalue weighted by atomic mass is 19.1. The molecular formula is C21H24F2N2O2. The molecule has 1 aliphatic carbocycles. The summed E-state index contributed by atoms with van der Waals surface area (Å²) in [5.74, 6) is -0.122. The Labute approximate surface area is 157 Å². The van der Waals surface area contributed by atoms with Gasteiger partial charge < -0.3 is 15.4 Å². The van der Waals surface area contributed by atoms with Crippen LogP contribution in [0, 0.1) is 17.6 Å². The predicted molar refractivity (Wildman–Crippen MR) is 99.9 cm³/mol. The number of ether oxygens (including phenoxy) is 1. The number of carbonyl (C=O) groups is 1. The largest absolute Gasteiger partial charge is 0.497 e. The Morgan fingerprint density at radius 1 is 1.19 bits per heavy atom. The third kappa shape index (κ3) is 4.38. The van der Waals surface area contributed by atoms with Crippen LogP contribution in [-0.2, 0) is 11.8 Å². The van der Waals surface area contributed by atoms with Crippen molar-refractivity contribution in [2.24, 2.45) is 5.92 Å². The van der Waals surface area contributed by atoms with Crippen molar-refractivity contribution in [2.45, 2.75) is 25.2 Å². The van der Waals surface area contributed by atoms with Gasteiger partial charge in [0.2, 0.25) is 0 Å². The van der Waals surface area contributed by atoms with Crippen LogP contribution in [0.2, 0.25) is 0 Å². The monoisotopic (exact) mass is 374 g/mol. The summed E-state index contributed by atoms with van der Waals surface area (Å²) in [6.07, 6.45) is 1.47. The van der Waals surface area contributed by atoms with Gasteiger partial charge in [0.1, 0.15) is 17.4 Å². The van der Waals surface area contributed by atoms with Gasteiger partial charge in [0.25, 0.3) is 0 Å². The molecule has 2 aromatic carbocycles. The molecule has 3 rings (SSSR count). The predicted octanol–water partition coefficient (Wildman–Crippen LogP) is 3.79. The van der Waals surface area contributed by atoms with Gasteiger partial charge >= 0.3 is 6.03 Å². The van der Waals surface area contributed by atoms with E-state index >= 15 is 0 Å². The van der Waals surface area contributed by atoms with Crippen molar-refractivity contribution < 1.29 is 18.3 Å². The quantitative estimate of drug-likeness (QED) is 0.775. The first kappa shape index (κ1) is 19.1. The Balaban J connectivity index is 1.49. The molecular weight excluding hydrogens is 350 g/mol. The number of methoxy groups -OCH3 is 1. The molecule has 2 amide bonds. The molecule has 0 heterocycles. The van der Waals surface area contributed by atoms with E-state index < -0.39 is 17.0 Å². The normalized spacial score (nSPS) is 20.8. The van der Waals surface area contributed by atoms with Crippen LogP contribution in [0.5, 0.6) is 5.75 Å². The molecule has 27 heavy (non-hydrogen) atoms. The smallest absolute Gasteiger partial charge is 0.314 e. The number of hydrogen-bond acceptors (Lipinski definition) is 2. The minimum absolute atomic E-state index is 0.233. The number of carbonyl (C=O) groups excluding carboxylic acids is 1. The lowest BCUT2D eigenvalue weighted by Crippen LogP contribution is -2.41. The van der Waals surface area contributed by atoms with Gasteiger partial charge in [0, 0.05) is 24.6 Å². The van der Waals surface area contributed by atoms with E-state index in [-0.39, 0.29) is 11.9 Å². The van der Waals surface area contributed by atoms with Crippen LogP contribution in [0.15, 0.2) is 42.5 Å². The number of urea groups is 1. The number of halogens is 2. The van der Waals surface area contributed by atoms with Gasteiger partial charge in [0.15, 0.2) is 0 Å². The molecule has 2 aromatic rings. The van der Waals surface area contributed by atoms with E-state index in [0.29, 0.717) is 25.1 Å². The first-order valence-corrected chi connectivity index (χ1v) is 9.05. The first-order valence-electron chi connectivity index (χ1n) is 9.05. The fourth-order valence-corrected chi connectivity index (χ4v) is 3.51. The summed E-state index contributed by atoms with van der Waals surface area (Å²) in [6.45, 7) is 2.82. The summed E-state index contributed by atoms with van der Waals surface area (Å²) < 4.78 is 32.4. The molecule has 0 radical (unpaired) electrons. The molecule has 6 heteroatoms. The second-order valence-electron chi connectivity index (χ2n) is 7.09. The van der Waals surface area contributed by atoms with Gasteiger partial charge in [-0.25, -0.2) is 13.6 Å². The molecule has 0 bridgehead atoms. The summed E-state index contributed by atoms with van der Waals surface area (Å²) in [6, 6.07) is 11.0. The van der Waals surface area contributed by atoms with Crippen LogP contribution in [0.1, 0.15) is 24.5 Å². The second-order valence-corrected chi connectivity index (χ2v) is 7.09. The van der Waals surface area contributed by atoms with Gasteiger partial charge in [-0.15, -0.1) is 0 Å². The van der Waals surface area contributed by atoms with Crippen molar-refractivity contribution in [2.75, 3.05) is 20.2 Å². The van der Waals surface area contributed by atoms with E-state index in [1.807, 2.05) is 31.2 Å². The van der Waals surface area contributed by atoms with Crippen LogP contribution in [0.25, 0.3) is 0 Å². The third-order valence-corrected chi connectivity index (χ3v) is 5.34. The number of amides is 2. The van der Waals surface area contributed by atoms with Crippen LogP contribution in [-0.4, -0.2) is 26.2 Å². The Morgan fingerprint density at radius 3 is 2.48 bits per heavy atom. The van der Waals surface area contributed by atoms with Gasteiger partial charge in [0.05, 0.1) is 7.11 Å². The van der Waals surface area contributed by atoms with Crippen molar-refractivity contribution in [3.05, 3.63) is 65.2 Å². The topological polar surface area (TPSA) is 50.4 Å². The fraction of sp³-hybridized carbons (Fsp3) is 0.381. The summed E-state index contributed by atoms with van der Waals surface area (Å²) in [4.78, 5) is 12.1. The maximum atomic E-state index is 14.2. The first-order chi connectivity index (χ1) is 12.9. The maximum Gasteiger partial charge on any atom is 0.314 e. The summed E-state index contributed by atoms with van der Waals surface area (Å²) >= 11 is 0. The van der Waals surface area contributed by atoms with Crippen molar-refractivity contribution in [3.8, 4) is 5.75 Å². The number of rotatable bonds is 7. The van der Waals surface area contributed by atoms with Gasteiger partial charge in [-0.3, -0.25) is 0 Å². The molecule has 4 nitrogen and oxygen atoms in total. The lowest BCUT2D eigenvalue weighted by atomic mass is 9.93. The minimum Gasteiger partial charge on any atom is -0.497 e. The van der Waals surface area contributed by atoms with Crippen LogP contribution < -0.4 is 15.4 Å². The van der Waals surface area contributed by atoms with E-state index in [4.69, 9.17) is 4.74 Å². The van der Waals surface area contributed by atoms with Gasteiger partial charge in [-0.1, -0.05) is 25.1 Å². The molecule has 1 fully saturated rings. The summed E-state index contributed by atoms with van der Waals surface area (Å²) in [5, 5.41) is 5.65. The van der Waals surface area contributed by atoms with Crippen molar-refractivity contribution in [1.29, 1.82) is 0 Å². The molecule has 2 unspecified atom stereocenters. The second kappa shape index (κ2) is 7.94. The van der Waals surface area contributed by atoms with Crippen molar-refractivity contribution in [3.63, 3.8) is 0 Å². The van der Waals surface area contributed by atoms with E-state index in [1.54, 1.807) is 7.11 Å². The summed E-state index contributed by atoms with van der Waals surface area (Å²) in [7, 11) is 1.62. The highest BCUT2D eigenvalue weighted by molar-refractivity contribution is 5.74. The summed E-state index contributed by atoms with van der Waals surface area (Å²) in [5.41, 5.74) is 1.11. The highest BCUT2D eigenvalue weighted by Crippen LogP contribution is 2.54. The lowest BCUT2D eigenvalue weighted by Gasteiger charge is -2.19. The van der Waals surface area contributed by atoms with E-state index in [0.717, 1.165) is 23.8 Å². The van der Waals surface area contributed by atoms with Crippen molar-refractivity contribution in [1.82, 2.24) is 10.6 Å². The van der Waals surface area contributed by atoms with Crippen LogP contribution in [0.3, 0.4) is 0 Å². The standard InChI is InChI=1S/C21H24F2N2O2/c1-14-12-21(14,18-8-5-16(22)11-19(18)23)13-25-20(26)24-10-9-15-3-6-17(27-2)7-4-15/h3-8,11,14H,9-10,12-13H2,1-2H3,(H2,24,25,26). The number of hydrogen-bond donors (Lipinski definition) is 2. The molecule has 0 spiro atoms.